The summed E-state index contributed by atoms with van der Waals surface area (Å²) < 4.78 is 14.7. The Kier molecular flexibility index (Phi) is 5.42. The maximum atomic E-state index is 13.7. The standard InChI is InChI=1S/C13H19BrFN/c1-4-16-13(7-9(2)3)11-8-10(14)5-6-12(11)15/h5-6,8-9,13,16H,4,7H2,1-3H3. The van der Waals surface area contributed by atoms with Crippen molar-refractivity contribution >= 4 is 15.9 Å². The number of halogens is 2. The van der Waals surface area contributed by atoms with Gasteiger partial charge in [0, 0.05) is 16.1 Å². The first kappa shape index (κ1) is 13.7. The van der Waals surface area contributed by atoms with Crippen LogP contribution in [0.5, 0.6) is 0 Å². The molecule has 0 aliphatic heterocycles. The van der Waals surface area contributed by atoms with Crippen LogP contribution in [-0.4, -0.2) is 6.54 Å². The third-order valence-corrected chi connectivity index (χ3v) is 2.98. The van der Waals surface area contributed by atoms with Gasteiger partial charge in [-0.15, -0.1) is 0 Å². The predicted molar refractivity (Wildman–Crippen MR) is 70.0 cm³/mol. The van der Waals surface area contributed by atoms with Gasteiger partial charge in [0.2, 0.25) is 0 Å². The molecule has 1 atom stereocenters. The van der Waals surface area contributed by atoms with Gasteiger partial charge in [0.25, 0.3) is 0 Å². The maximum absolute atomic E-state index is 13.7. The van der Waals surface area contributed by atoms with Crippen molar-refractivity contribution in [2.24, 2.45) is 5.92 Å². The van der Waals surface area contributed by atoms with Crippen LogP contribution in [0, 0.1) is 11.7 Å². The molecule has 0 fully saturated rings. The lowest BCUT2D eigenvalue weighted by Gasteiger charge is -2.21. The molecule has 0 radical (unpaired) electrons. The van der Waals surface area contributed by atoms with Crippen LogP contribution in [0.15, 0.2) is 22.7 Å². The highest BCUT2D eigenvalue weighted by Gasteiger charge is 2.16. The summed E-state index contributed by atoms with van der Waals surface area (Å²) in [5, 5.41) is 3.34. The monoisotopic (exact) mass is 287 g/mol. The molecule has 3 heteroatoms. The molecule has 0 aromatic heterocycles. The van der Waals surface area contributed by atoms with Crippen molar-refractivity contribution in [3.63, 3.8) is 0 Å². The zero-order chi connectivity index (χ0) is 12.1. The number of nitrogens with one attached hydrogen (secondary N) is 1. The van der Waals surface area contributed by atoms with Crippen LogP contribution in [0.2, 0.25) is 0 Å². The Balaban J connectivity index is 2.94. The van der Waals surface area contributed by atoms with E-state index in [1.807, 2.05) is 13.0 Å². The predicted octanol–water partition coefficient (Wildman–Crippen LogP) is 4.28. The number of benzene rings is 1. The quantitative estimate of drug-likeness (QED) is 0.852. The van der Waals surface area contributed by atoms with E-state index in [1.165, 1.54) is 6.07 Å². The van der Waals surface area contributed by atoms with Gasteiger partial charge in [-0.3, -0.25) is 0 Å². The minimum Gasteiger partial charge on any atom is -0.310 e. The summed E-state index contributed by atoms with van der Waals surface area (Å²) in [7, 11) is 0. The van der Waals surface area contributed by atoms with E-state index in [1.54, 1.807) is 6.07 Å². The molecule has 0 heterocycles. The van der Waals surface area contributed by atoms with Gasteiger partial charge in [0.15, 0.2) is 0 Å². The van der Waals surface area contributed by atoms with Crippen molar-refractivity contribution in [2.45, 2.75) is 33.2 Å². The third-order valence-electron chi connectivity index (χ3n) is 2.49. The average Bonchev–Trinajstić information content (AvgIpc) is 2.20. The van der Waals surface area contributed by atoms with Gasteiger partial charge in [0.05, 0.1) is 0 Å². The van der Waals surface area contributed by atoms with Crippen LogP contribution in [0.3, 0.4) is 0 Å². The summed E-state index contributed by atoms with van der Waals surface area (Å²) in [5.74, 6) is 0.414. The van der Waals surface area contributed by atoms with E-state index in [4.69, 9.17) is 0 Å². The maximum Gasteiger partial charge on any atom is 0.128 e. The van der Waals surface area contributed by atoms with E-state index in [0.717, 1.165) is 23.0 Å². The second kappa shape index (κ2) is 6.36. The molecule has 0 aliphatic rings. The van der Waals surface area contributed by atoms with Crippen LogP contribution >= 0.6 is 15.9 Å². The SMILES string of the molecule is CCNC(CC(C)C)c1cc(Br)ccc1F. The average molecular weight is 288 g/mol. The van der Waals surface area contributed by atoms with Crippen LogP contribution in [-0.2, 0) is 0 Å². The van der Waals surface area contributed by atoms with E-state index in [0.29, 0.717) is 5.92 Å². The van der Waals surface area contributed by atoms with Crippen molar-refractivity contribution in [1.29, 1.82) is 0 Å². The smallest absolute Gasteiger partial charge is 0.128 e. The minimum absolute atomic E-state index is 0.0995. The highest BCUT2D eigenvalue weighted by atomic mass is 79.9. The Morgan fingerprint density at radius 3 is 2.62 bits per heavy atom. The van der Waals surface area contributed by atoms with Crippen molar-refractivity contribution in [3.05, 3.63) is 34.1 Å². The molecule has 0 aliphatic carbocycles. The lowest BCUT2D eigenvalue weighted by atomic mass is 9.96. The summed E-state index contributed by atoms with van der Waals surface area (Å²) in [6.07, 6.45) is 0.946. The van der Waals surface area contributed by atoms with Gasteiger partial charge in [-0.2, -0.15) is 0 Å². The molecule has 1 aromatic carbocycles. The second-order valence-electron chi connectivity index (χ2n) is 4.41. The summed E-state index contributed by atoms with van der Waals surface area (Å²) >= 11 is 3.39. The lowest BCUT2D eigenvalue weighted by molar-refractivity contribution is 0.423. The molecule has 1 unspecified atom stereocenters. The Bertz CT molecular complexity index is 339. The normalized spacial score (nSPS) is 13.1. The molecule has 1 aromatic rings. The van der Waals surface area contributed by atoms with Gasteiger partial charge in [-0.05, 0) is 37.1 Å². The molecule has 16 heavy (non-hydrogen) atoms. The van der Waals surface area contributed by atoms with Gasteiger partial charge in [-0.25, -0.2) is 4.39 Å². The van der Waals surface area contributed by atoms with E-state index in [9.17, 15) is 4.39 Å². The number of hydrogen-bond acceptors (Lipinski definition) is 1. The van der Waals surface area contributed by atoms with Crippen molar-refractivity contribution < 1.29 is 4.39 Å². The molecular formula is C13H19BrFN. The Morgan fingerprint density at radius 1 is 1.38 bits per heavy atom. The van der Waals surface area contributed by atoms with Crippen LogP contribution in [0.25, 0.3) is 0 Å². The molecule has 90 valence electrons. The highest BCUT2D eigenvalue weighted by Crippen LogP contribution is 2.26. The van der Waals surface area contributed by atoms with E-state index in [-0.39, 0.29) is 11.9 Å². The summed E-state index contributed by atoms with van der Waals surface area (Å²) in [6.45, 7) is 7.20. The minimum atomic E-state index is -0.130. The fourth-order valence-electron chi connectivity index (χ4n) is 1.82. The van der Waals surface area contributed by atoms with Gasteiger partial charge < -0.3 is 5.32 Å². The molecule has 1 rings (SSSR count). The lowest BCUT2D eigenvalue weighted by Crippen LogP contribution is -2.23. The zero-order valence-electron chi connectivity index (χ0n) is 10.1. The van der Waals surface area contributed by atoms with Crippen LogP contribution in [0.1, 0.15) is 38.8 Å². The molecule has 0 saturated carbocycles. The van der Waals surface area contributed by atoms with Gasteiger partial charge in [-0.1, -0.05) is 36.7 Å². The van der Waals surface area contributed by atoms with Crippen LogP contribution in [0.4, 0.5) is 4.39 Å². The van der Waals surface area contributed by atoms with Crippen LogP contribution < -0.4 is 5.32 Å². The Labute approximate surface area is 106 Å². The highest BCUT2D eigenvalue weighted by molar-refractivity contribution is 9.10. The molecule has 1 nitrogen and oxygen atoms in total. The Morgan fingerprint density at radius 2 is 2.06 bits per heavy atom. The van der Waals surface area contributed by atoms with Crippen molar-refractivity contribution in [1.82, 2.24) is 5.32 Å². The fourth-order valence-corrected chi connectivity index (χ4v) is 2.20. The first-order valence-electron chi connectivity index (χ1n) is 5.73. The molecule has 0 bridgehead atoms. The summed E-state index contributed by atoms with van der Waals surface area (Å²) in [6, 6.07) is 5.22. The summed E-state index contributed by atoms with van der Waals surface area (Å²) in [5.41, 5.74) is 0.755. The van der Waals surface area contributed by atoms with E-state index in [2.05, 4.69) is 35.1 Å². The second-order valence-corrected chi connectivity index (χ2v) is 5.32. The van der Waals surface area contributed by atoms with Gasteiger partial charge in [0.1, 0.15) is 5.82 Å². The topological polar surface area (TPSA) is 12.0 Å². The molecule has 0 saturated heterocycles. The summed E-state index contributed by atoms with van der Waals surface area (Å²) in [4.78, 5) is 0. The molecule has 1 N–H and O–H groups in total. The molecular weight excluding hydrogens is 269 g/mol. The van der Waals surface area contributed by atoms with Crippen molar-refractivity contribution in [2.75, 3.05) is 6.54 Å². The third kappa shape index (κ3) is 3.87. The number of rotatable bonds is 5. The fraction of sp³-hybridized carbons (Fsp3) is 0.538. The number of hydrogen-bond donors (Lipinski definition) is 1. The van der Waals surface area contributed by atoms with E-state index >= 15 is 0 Å². The van der Waals surface area contributed by atoms with Crippen molar-refractivity contribution in [3.8, 4) is 0 Å². The Hall–Kier alpha value is -0.410. The molecule has 0 amide bonds. The first-order chi connectivity index (χ1) is 7.54. The zero-order valence-corrected chi connectivity index (χ0v) is 11.6. The van der Waals surface area contributed by atoms with E-state index < -0.39 is 0 Å². The van der Waals surface area contributed by atoms with Gasteiger partial charge >= 0.3 is 0 Å². The largest absolute Gasteiger partial charge is 0.310 e. The molecule has 0 spiro atoms. The first-order valence-corrected chi connectivity index (χ1v) is 6.52.